The van der Waals surface area contributed by atoms with Crippen LogP contribution in [0.25, 0.3) is 0 Å². The van der Waals surface area contributed by atoms with E-state index in [9.17, 15) is 8.78 Å². The molecule has 0 aliphatic heterocycles. The summed E-state index contributed by atoms with van der Waals surface area (Å²) in [5.74, 6) is -2.49. The summed E-state index contributed by atoms with van der Waals surface area (Å²) in [6.07, 6.45) is 0. The SMILES string of the molecule is N#Cc1ccc(Nc2ccccc2SC(F)F)c(N)c1. The fourth-order valence-corrected chi connectivity index (χ4v) is 2.25. The summed E-state index contributed by atoms with van der Waals surface area (Å²) in [6, 6.07) is 13.5. The highest BCUT2D eigenvalue weighted by molar-refractivity contribution is 7.99. The van der Waals surface area contributed by atoms with Gasteiger partial charge in [0.05, 0.1) is 28.7 Å². The average Bonchev–Trinajstić information content (AvgIpc) is 2.42. The van der Waals surface area contributed by atoms with Crippen LogP contribution in [0.4, 0.5) is 25.8 Å². The highest BCUT2D eigenvalue weighted by Crippen LogP contribution is 2.34. The van der Waals surface area contributed by atoms with Crippen molar-refractivity contribution in [2.45, 2.75) is 10.7 Å². The Kier molecular flexibility index (Phi) is 4.43. The van der Waals surface area contributed by atoms with E-state index in [1.165, 1.54) is 6.07 Å². The van der Waals surface area contributed by atoms with Gasteiger partial charge in [0, 0.05) is 4.90 Å². The van der Waals surface area contributed by atoms with Crippen molar-refractivity contribution in [2.75, 3.05) is 11.1 Å². The molecule has 20 heavy (non-hydrogen) atoms. The van der Waals surface area contributed by atoms with Crippen LogP contribution in [-0.4, -0.2) is 5.76 Å². The van der Waals surface area contributed by atoms with Crippen LogP contribution in [0, 0.1) is 11.3 Å². The Morgan fingerprint density at radius 1 is 1.15 bits per heavy atom. The maximum Gasteiger partial charge on any atom is 0.288 e. The zero-order valence-corrected chi connectivity index (χ0v) is 11.1. The molecule has 102 valence electrons. The second-order valence-corrected chi connectivity index (χ2v) is 4.95. The third kappa shape index (κ3) is 3.39. The fourth-order valence-electron chi connectivity index (χ4n) is 1.66. The maximum absolute atomic E-state index is 12.5. The summed E-state index contributed by atoms with van der Waals surface area (Å²) in [5.41, 5.74) is 7.79. The van der Waals surface area contributed by atoms with Crippen molar-refractivity contribution in [2.24, 2.45) is 0 Å². The van der Waals surface area contributed by atoms with Crippen molar-refractivity contribution in [1.29, 1.82) is 5.26 Å². The summed E-state index contributed by atoms with van der Waals surface area (Å²) in [7, 11) is 0. The van der Waals surface area contributed by atoms with Gasteiger partial charge >= 0.3 is 0 Å². The molecule has 0 radical (unpaired) electrons. The lowest BCUT2D eigenvalue weighted by atomic mass is 10.2. The van der Waals surface area contributed by atoms with Gasteiger partial charge in [-0.05, 0) is 30.3 Å². The number of para-hydroxylation sites is 1. The Labute approximate surface area is 119 Å². The van der Waals surface area contributed by atoms with Gasteiger partial charge in [-0.1, -0.05) is 23.9 Å². The molecule has 0 heterocycles. The molecule has 0 saturated carbocycles. The number of hydrogen-bond acceptors (Lipinski definition) is 4. The molecule has 0 atom stereocenters. The van der Waals surface area contributed by atoms with E-state index in [0.29, 0.717) is 39.3 Å². The van der Waals surface area contributed by atoms with Gasteiger partial charge < -0.3 is 11.1 Å². The first-order valence-electron chi connectivity index (χ1n) is 5.70. The van der Waals surface area contributed by atoms with Gasteiger partial charge in [0.25, 0.3) is 5.76 Å². The lowest BCUT2D eigenvalue weighted by Crippen LogP contribution is -1.98. The van der Waals surface area contributed by atoms with Gasteiger partial charge in [-0.15, -0.1) is 0 Å². The number of nitriles is 1. The molecule has 0 aromatic heterocycles. The molecular formula is C14H11F2N3S. The van der Waals surface area contributed by atoms with Crippen molar-refractivity contribution in [1.82, 2.24) is 0 Å². The quantitative estimate of drug-likeness (QED) is 0.654. The van der Waals surface area contributed by atoms with Gasteiger partial charge in [0.15, 0.2) is 0 Å². The predicted molar refractivity (Wildman–Crippen MR) is 77.2 cm³/mol. The number of benzene rings is 2. The Morgan fingerprint density at radius 2 is 1.90 bits per heavy atom. The first-order valence-corrected chi connectivity index (χ1v) is 6.58. The normalized spacial score (nSPS) is 10.3. The molecule has 0 aliphatic carbocycles. The third-order valence-corrected chi connectivity index (χ3v) is 3.34. The van der Waals surface area contributed by atoms with Gasteiger partial charge in [0.2, 0.25) is 0 Å². The smallest absolute Gasteiger partial charge is 0.288 e. The van der Waals surface area contributed by atoms with Gasteiger partial charge in [-0.3, -0.25) is 0 Å². The van der Waals surface area contributed by atoms with Gasteiger partial charge in [-0.25, -0.2) is 0 Å². The molecule has 0 unspecified atom stereocenters. The van der Waals surface area contributed by atoms with Gasteiger partial charge in [-0.2, -0.15) is 14.0 Å². The first kappa shape index (κ1) is 14.2. The molecule has 2 rings (SSSR count). The number of nitrogens with zero attached hydrogens (tertiary/aromatic N) is 1. The number of nitrogens with one attached hydrogen (secondary N) is 1. The third-order valence-electron chi connectivity index (χ3n) is 2.55. The van der Waals surface area contributed by atoms with E-state index in [4.69, 9.17) is 11.0 Å². The molecule has 0 fully saturated rings. The van der Waals surface area contributed by atoms with Crippen molar-refractivity contribution in [3.05, 3.63) is 48.0 Å². The van der Waals surface area contributed by atoms with Crippen LogP contribution in [0.5, 0.6) is 0 Å². The topological polar surface area (TPSA) is 61.8 Å². The molecule has 0 spiro atoms. The number of nitrogens with two attached hydrogens (primary N) is 1. The largest absolute Gasteiger partial charge is 0.397 e. The molecule has 0 amide bonds. The second-order valence-electron chi connectivity index (χ2n) is 3.91. The minimum absolute atomic E-state index is 0.390. The summed E-state index contributed by atoms with van der Waals surface area (Å²) >= 11 is 0.469. The Morgan fingerprint density at radius 3 is 2.55 bits per heavy atom. The van der Waals surface area contributed by atoms with Crippen LogP contribution in [0.3, 0.4) is 0 Å². The van der Waals surface area contributed by atoms with Crippen molar-refractivity contribution < 1.29 is 8.78 Å². The summed E-state index contributed by atoms with van der Waals surface area (Å²) in [5, 5.41) is 11.8. The van der Waals surface area contributed by atoms with Crippen molar-refractivity contribution >= 4 is 28.8 Å². The second kappa shape index (κ2) is 6.26. The Hall–Kier alpha value is -2.26. The van der Waals surface area contributed by atoms with Crippen LogP contribution in [-0.2, 0) is 0 Å². The molecule has 0 aliphatic rings. The Bertz CT molecular complexity index is 653. The molecule has 3 N–H and O–H groups in total. The molecule has 3 nitrogen and oxygen atoms in total. The first-order chi connectivity index (χ1) is 9.60. The van der Waals surface area contributed by atoms with Crippen molar-refractivity contribution in [3.8, 4) is 6.07 Å². The minimum Gasteiger partial charge on any atom is -0.397 e. The molecular weight excluding hydrogens is 280 g/mol. The zero-order chi connectivity index (χ0) is 14.5. The molecule has 0 bridgehead atoms. The van der Waals surface area contributed by atoms with E-state index >= 15 is 0 Å². The standard InChI is InChI=1S/C14H11F2N3S/c15-14(16)20-13-4-2-1-3-12(13)19-11-6-5-9(8-17)7-10(11)18/h1-7,14,19H,18H2. The predicted octanol–water partition coefficient (Wildman–Crippen LogP) is 4.20. The molecule has 2 aromatic carbocycles. The number of thioether (sulfide) groups is 1. The minimum atomic E-state index is -2.49. The highest BCUT2D eigenvalue weighted by atomic mass is 32.2. The zero-order valence-electron chi connectivity index (χ0n) is 10.3. The number of alkyl halides is 2. The maximum atomic E-state index is 12.5. The van der Waals surface area contributed by atoms with E-state index in [-0.39, 0.29) is 0 Å². The average molecular weight is 291 g/mol. The van der Waals surface area contributed by atoms with E-state index in [2.05, 4.69) is 5.32 Å². The Balaban J connectivity index is 2.28. The van der Waals surface area contributed by atoms with Crippen LogP contribution in [0.2, 0.25) is 0 Å². The lowest BCUT2D eigenvalue weighted by Gasteiger charge is -2.13. The summed E-state index contributed by atoms with van der Waals surface area (Å²) in [4.78, 5) is 0.436. The number of rotatable bonds is 4. The number of halogens is 2. The highest BCUT2D eigenvalue weighted by Gasteiger charge is 2.10. The van der Waals surface area contributed by atoms with E-state index in [1.807, 2.05) is 6.07 Å². The van der Waals surface area contributed by atoms with Gasteiger partial charge in [0.1, 0.15) is 0 Å². The van der Waals surface area contributed by atoms with Crippen LogP contribution >= 0.6 is 11.8 Å². The van der Waals surface area contributed by atoms with E-state index < -0.39 is 5.76 Å². The number of hydrogen-bond donors (Lipinski definition) is 2. The van der Waals surface area contributed by atoms with E-state index in [0.717, 1.165) is 0 Å². The molecule has 2 aromatic rings. The summed E-state index contributed by atoms with van der Waals surface area (Å²) < 4.78 is 25.0. The summed E-state index contributed by atoms with van der Waals surface area (Å²) in [6.45, 7) is 0. The van der Waals surface area contributed by atoms with Crippen LogP contribution < -0.4 is 11.1 Å². The number of anilines is 3. The molecule has 6 heteroatoms. The number of nitrogen functional groups attached to an aromatic ring is 1. The van der Waals surface area contributed by atoms with E-state index in [1.54, 1.807) is 36.4 Å². The monoisotopic (exact) mass is 291 g/mol. The fraction of sp³-hybridized carbons (Fsp3) is 0.0714. The lowest BCUT2D eigenvalue weighted by molar-refractivity contribution is 0.252. The van der Waals surface area contributed by atoms with Crippen molar-refractivity contribution in [3.63, 3.8) is 0 Å². The molecule has 0 saturated heterocycles. The van der Waals surface area contributed by atoms with Crippen LogP contribution in [0.15, 0.2) is 47.4 Å². The van der Waals surface area contributed by atoms with Crippen LogP contribution in [0.1, 0.15) is 5.56 Å².